The lowest BCUT2D eigenvalue weighted by atomic mass is 10.2. The maximum atomic E-state index is 11.9. The third-order valence-electron chi connectivity index (χ3n) is 2.82. The van der Waals surface area contributed by atoms with Crippen molar-refractivity contribution in [1.29, 1.82) is 0 Å². The van der Waals surface area contributed by atoms with Crippen LogP contribution in [0.4, 0.5) is 5.69 Å². The Balaban J connectivity index is 2.02. The Hall–Kier alpha value is -1.37. The van der Waals surface area contributed by atoms with E-state index in [9.17, 15) is 4.79 Å². The Morgan fingerprint density at radius 2 is 2.58 bits per heavy atom. The van der Waals surface area contributed by atoms with Gasteiger partial charge in [0.25, 0.3) is 5.56 Å². The number of hydrogen-bond donors (Lipinski definition) is 2. The standard InChI is InChI=1S/C12H17ClN4O2/c1-2-4-17-12(18)11(13)10(7-16-17)15-6-9-8-19-5-3-14-9/h2,7,9,14-15H,1,3-6,8H2. The summed E-state index contributed by atoms with van der Waals surface area (Å²) in [5, 5.41) is 10.6. The second kappa shape index (κ2) is 6.70. The lowest BCUT2D eigenvalue weighted by Crippen LogP contribution is -2.45. The van der Waals surface area contributed by atoms with Crippen molar-refractivity contribution in [3.05, 3.63) is 34.2 Å². The largest absolute Gasteiger partial charge is 0.381 e. The Bertz CT molecular complexity index is 497. The van der Waals surface area contributed by atoms with Gasteiger partial charge in [0, 0.05) is 19.1 Å². The van der Waals surface area contributed by atoms with Crippen LogP contribution >= 0.6 is 11.6 Å². The van der Waals surface area contributed by atoms with Gasteiger partial charge in [-0.05, 0) is 0 Å². The Labute approximate surface area is 116 Å². The predicted molar refractivity (Wildman–Crippen MR) is 74.8 cm³/mol. The Kier molecular flexibility index (Phi) is 4.95. The number of hydrogen-bond acceptors (Lipinski definition) is 5. The molecule has 7 heteroatoms. The van der Waals surface area contributed by atoms with Crippen LogP contribution in [0.15, 0.2) is 23.6 Å². The van der Waals surface area contributed by atoms with Crippen molar-refractivity contribution in [2.75, 3.05) is 31.6 Å². The zero-order valence-corrected chi connectivity index (χ0v) is 11.3. The molecule has 1 fully saturated rings. The van der Waals surface area contributed by atoms with Crippen LogP contribution in [0.2, 0.25) is 5.02 Å². The first kappa shape index (κ1) is 14.0. The van der Waals surface area contributed by atoms with E-state index in [2.05, 4.69) is 22.3 Å². The fraction of sp³-hybridized carbons (Fsp3) is 0.500. The average Bonchev–Trinajstić information content (AvgIpc) is 2.44. The number of aromatic nitrogens is 2. The van der Waals surface area contributed by atoms with Gasteiger partial charge in [-0.2, -0.15) is 5.10 Å². The number of nitrogens with zero attached hydrogens (tertiary/aromatic N) is 2. The van der Waals surface area contributed by atoms with E-state index < -0.39 is 0 Å². The van der Waals surface area contributed by atoms with Crippen molar-refractivity contribution in [3.63, 3.8) is 0 Å². The van der Waals surface area contributed by atoms with E-state index in [0.717, 1.165) is 13.2 Å². The second-order valence-corrected chi connectivity index (χ2v) is 4.63. The topological polar surface area (TPSA) is 68.2 Å². The summed E-state index contributed by atoms with van der Waals surface area (Å²) in [5.41, 5.74) is 0.221. The number of anilines is 1. The van der Waals surface area contributed by atoms with Crippen LogP contribution in [0.3, 0.4) is 0 Å². The number of morpholine rings is 1. The van der Waals surface area contributed by atoms with Crippen molar-refractivity contribution < 1.29 is 4.74 Å². The van der Waals surface area contributed by atoms with Crippen molar-refractivity contribution in [1.82, 2.24) is 15.1 Å². The molecule has 0 spiro atoms. The highest BCUT2D eigenvalue weighted by atomic mass is 35.5. The zero-order valence-electron chi connectivity index (χ0n) is 10.6. The molecular formula is C12H17ClN4O2. The lowest BCUT2D eigenvalue weighted by Gasteiger charge is -2.24. The summed E-state index contributed by atoms with van der Waals surface area (Å²) in [6, 6.07) is 0.209. The minimum absolute atomic E-state index is 0.147. The fourth-order valence-electron chi connectivity index (χ4n) is 1.82. The molecule has 1 aromatic rings. The van der Waals surface area contributed by atoms with E-state index in [1.54, 1.807) is 12.3 Å². The van der Waals surface area contributed by atoms with E-state index in [1.165, 1.54) is 4.68 Å². The van der Waals surface area contributed by atoms with E-state index in [0.29, 0.717) is 25.4 Å². The predicted octanol–water partition coefficient (Wildman–Crippen LogP) is 0.483. The molecule has 6 nitrogen and oxygen atoms in total. The molecule has 1 atom stereocenters. The summed E-state index contributed by atoms with van der Waals surface area (Å²) in [6.45, 7) is 6.75. The van der Waals surface area contributed by atoms with Crippen molar-refractivity contribution in [3.8, 4) is 0 Å². The molecule has 1 saturated heterocycles. The summed E-state index contributed by atoms with van der Waals surface area (Å²) in [6.07, 6.45) is 3.15. The van der Waals surface area contributed by atoms with Gasteiger partial charge in [-0.1, -0.05) is 17.7 Å². The molecule has 2 heterocycles. The first-order valence-electron chi connectivity index (χ1n) is 6.14. The zero-order chi connectivity index (χ0) is 13.7. The molecule has 0 aromatic carbocycles. The van der Waals surface area contributed by atoms with Gasteiger partial charge in [0.2, 0.25) is 0 Å². The minimum atomic E-state index is -0.320. The van der Waals surface area contributed by atoms with Crippen LogP contribution in [-0.4, -0.2) is 42.1 Å². The third-order valence-corrected chi connectivity index (χ3v) is 3.19. The van der Waals surface area contributed by atoms with Crippen LogP contribution in [-0.2, 0) is 11.3 Å². The minimum Gasteiger partial charge on any atom is -0.381 e. The molecule has 0 bridgehead atoms. The molecule has 2 rings (SSSR count). The first-order valence-corrected chi connectivity index (χ1v) is 6.51. The molecule has 2 N–H and O–H groups in total. The van der Waals surface area contributed by atoms with Crippen molar-refractivity contribution in [2.24, 2.45) is 0 Å². The lowest BCUT2D eigenvalue weighted by molar-refractivity contribution is 0.0806. The number of nitrogens with one attached hydrogen (secondary N) is 2. The first-order chi connectivity index (χ1) is 9.22. The van der Waals surface area contributed by atoms with Crippen LogP contribution < -0.4 is 16.2 Å². The van der Waals surface area contributed by atoms with Gasteiger partial charge in [0.15, 0.2) is 0 Å². The molecule has 19 heavy (non-hydrogen) atoms. The highest BCUT2D eigenvalue weighted by molar-refractivity contribution is 6.32. The van der Waals surface area contributed by atoms with Crippen molar-refractivity contribution in [2.45, 2.75) is 12.6 Å². The molecule has 1 unspecified atom stereocenters. The molecule has 0 aliphatic carbocycles. The Morgan fingerprint density at radius 3 is 3.26 bits per heavy atom. The molecule has 0 radical (unpaired) electrons. The second-order valence-electron chi connectivity index (χ2n) is 4.26. The number of rotatable bonds is 5. The number of allylic oxidation sites excluding steroid dienone is 1. The average molecular weight is 285 g/mol. The van der Waals surface area contributed by atoms with Gasteiger partial charge in [-0.25, -0.2) is 4.68 Å². The molecule has 0 saturated carbocycles. The van der Waals surface area contributed by atoms with Gasteiger partial charge < -0.3 is 15.4 Å². The number of halogens is 1. The van der Waals surface area contributed by atoms with Crippen LogP contribution in [0, 0.1) is 0 Å². The fourth-order valence-corrected chi connectivity index (χ4v) is 2.04. The summed E-state index contributed by atoms with van der Waals surface area (Å²) in [5.74, 6) is 0. The van der Waals surface area contributed by atoms with Crippen LogP contribution in [0.5, 0.6) is 0 Å². The third kappa shape index (κ3) is 3.56. The highest BCUT2D eigenvalue weighted by Gasteiger charge is 2.14. The Morgan fingerprint density at radius 1 is 1.74 bits per heavy atom. The van der Waals surface area contributed by atoms with E-state index in [-0.39, 0.29) is 16.6 Å². The van der Waals surface area contributed by atoms with Crippen LogP contribution in [0.1, 0.15) is 0 Å². The number of ether oxygens (including phenoxy) is 1. The molecule has 104 valence electrons. The molecular weight excluding hydrogens is 268 g/mol. The molecule has 0 amide bonds. The summed E-state index contributed by atoms with van der Waals surface area (Å²) >= 11 is 6.03. The van der Waals surface area contributed by atoms with Gasteiger partial charge in [-0.15, -0.1) is 6.58 Å². The maximum Gasteiger partial charge on any atom is 0.287 e. The maximum absolute atomic E-state index is 11.9. The molecule has 1 aliphatic heterocycles. The van der Waals surface area contributed by atoms with Gasteiger partial charge in [0.1, 0.15) is 5.02 Å². The normalized spacial score (nSPS) is 19.1. The van der Waals surface area contributed by atoms with Gasteiger partial charge in [0.05, 0.1) is 31.6 Å². The van der Waals surface area contributed by atoms with Crippen LogP contribution in [0.25, 0.3) is 0 Å². The molecule has 1 aromatic heterocycles. The SMILES string of the molecule is C=CCn1ncc(NCC2COCCN2)c(Cl)c1=O. The summed E-state index contributed by atoms with van der Waals surface area (Å²) in [7, 11) is 0. The summed E-state index contributed by atoms with van der Waals surface area (Å²) in [4.78, 5) is 11.9. The van der Waals surface area contributed by atoms with E-state index in [1.807, 2.05) is 0 Å². The molecule has 1 aliphatic rings. The quantitative estimate of drug-likeness (QED) is 0.770. The van der Waals surface area contributed by atoms with Gasteiger partial charge in [-0.3, -0.25) is 4.79 Å². The highest BCUT2D eigenvalue weighted by Crippen LogP contribution is 2.15. The van der Waals surface area contributed by atoms with E-state index in [4.69, 9.17) is 16.3 Å². The van der Waals surface area contributed by atoms with E-state index >= 15 is 0 Å². The summed E-state index contributed by atoms with van der Waals surface area (Å²) < 4.78 is 6.61. The monoisotopic (exact) mass is 284 g/mol. The van der Waals surface area contributed by atoms with Crippen molar-refractivity contribution >= 4 is 17.3 Å². The smallest absolute Gasteiger partial charge is 0.287 e. The van der Waals surface area contributed by atoms with Gasteiger partial charge >= 0.3 is 0 Å².